The Morgan fingerprint density at radius 3 is 1.06 bits per heavy atom. The summed E-state index contributed by atoms with van der Waals surface area (Å²) in [6.45, 7) is 7.72. The molecule has 18 heavy (non-hydrogen) atoms. The maximum absolute atomic E-state index is 12.1. The lowest BCUT2D eigenvalue weighted by molar-refractivity contribution is 0.224. The summed E-state index contributed by atoms with van der Waals surface area (Å²) in [4.78, 5) is 0. The predicted octanol–water partition coefficient (Wildman–Crippen LogP) is 3.99. The van der Waals surface area contributed by atoms with Crippen molar-refractivity contribution in [2.75, 3.05) is 26.4 Å². The first-order valence-electron chi connectivity index (χ1n) is 5.93. The molecule has 0 spiro atoms. The molecule has 0 N–H and O–H groups in total. The van der Waals surface area contributed by atoms with Gasteiger partial charge in [0, 0.05) is 11.6 Å². The zero-order chi connectivity index (χ0) is 14.1. The van der Waals surface area contributed by atoms with Crippen molar-refractivity contribution in [2.24, 2.45) is 0 Å². The van der Waals surface area contributed by atoms with Crippen molar-refractivity contribution in [2.45, 2.75) is 27.7 Å². The number of rotatable bonds is 10. The van der Waals surface area contributed by atoms with Gasteiger partial charge in [-0.2, -0.15) is 0 Å². The standard InChI is InChI=1S/C10H22O6P2/c1-5-13-17(11,14-6-2)9-10-18(12,15-7-3)16-8-4/h9-10H,5-8H2,1-4H3/b10-9-. The van der Waals surface area contributed by atoms with E-state index in [9.17, 15) is 9.13 Å². The van der Waals surface area contributed by atoms with Crippen LogP contribution in [0.2, 0.25) is 0 Å². The second-order valence-corrected chi connectivity index (χ2v) is 6.84. The lowest BCUT2D eigenvalue weighted by atomic mass is 10.9. The van der Waals surface area contributed by atoms with Gasteiger partial charge < -0.3 is 18.1 Å². The molecule has 6 nitrogen and oxygen atoms in total. The third-order valence-electron chi connectivity index (χ3n) is 1.67. The van der Waals surface area contributed by atoms with Crippen LogP contribution in [-0.4, -0.2) is 26.4 Å². The molecule has 0 aliphatic rings. The summed E-state index contributed by atoms with van der Waals surface area (Å²) in [7, 11) is -6.75. The van der Waals surface area contributed by atoms with Gasteiger partial charge in [-0.25, -0.2) is 0 Å². The molecule has 0 atom stereocenters. The minimum Gasteiger partial charge on any atom is -0.306 e. The van der Waals surface area contributed by atoms with Crippen molar-refractivity contribution < 1.29 is 27.2 Å². The van der Waals surface area contributed by atoms with Gasteiger partial charge in [-0.15, -0.1) is 0 Å². The summed E-state index contributed by atoms with van der Waals surface area (Å²) >= 11 is 0. The van der Waals surface area contributed by atoms with Crippen LogP contribution in [0.4, 0.5) is 0 Å². The van der Waals surface area contributed by atoms with Crippen molar-refractivity contribution in [1.82, 2.24) is 0 Å². The summed E-state index contributed by atoms with van der Waals surface area (Å²) in [5.41, 5.74) is 0. The molecule has 0 aromatic rings. The third kappa shape index (κ3) is 6.83. The first-order chi connectivity index (χ1) is 8.45. The van der Waals surface area contributed by atoms with Crippen LogP contribution >= 0.6 is 15.2 Å². The third-order valence-corrected chi connectivity index (χ3v) is 5.40. The monoisotopic (exact) mass is 300 g/mol. The van der Waals surface area contributed by atoms with Gasteiger partial charge in [-0.1, -0.05) is 0 Å². The Labute approximate surface area is 109 Å². The highest BCUT2D eigenvalue weighted by Gasteiger charge is 2.25. The SMILES string of the molecule is CCOP(=O)(/C=C\P(=O)(OCC)OCC)OCC. The normalized spacial score (nSPS) is 13.3. The van der Waals surface area contributed by atoms with Gasteiger partial charge in [0.25, 0.3) is 0 Å². The molecule has 0 heterocycles. The second kappa shape index (κ2) is 9.03. The Bertz CT molecular complexity index is 289. The van der Waals surface area contributed by atoms with Crippen LogP contribution in [0, 0.1) is 0 Å². The van der Waals surface area contributed by atoms with E-state index in [0.29, 0.717) is 0 Å². The fourth-order valence-corrected chi connectivity index (χ4v) is 4.37. The molecule has 0 unspecified atom stereocenters. The van der Waals surface area contributed by atoms with Gasteiger partial charge in [0.15, 0.2) is 0 Å². The Morgan fingerprint density at radius 1 is 0.667 bits per heavy atom. The van der Waals surface area contributed by atoms with E-state index in [1.807, 2.05) is 0 Å². The lowest BCUT2D eigenvalue weighted by Gasteiger charge is -2.15. The largest absolute Gasteiger partial charge is 0.354 e. The maximum Gasteiger partial charge on any atom is 0.354 e. The van der Waals surface area contributed by atoms with Gasteiger partial charge in [0.1, 0.15) is 0 Å². The molecule has 0 rings (SSSR count). The average Bonchev–Trinajstić information content (AvgIpc) is 2.28. The summed E-state index contributed by atoms with van der Waals surface area (Å²) in [6.07, 6.45) is 0. The molecule has 0 aromatic heterocycles. The average molecular weight is 300 g/mol. The Balaban J connectivity index is 4.91. The summed E-state index contributed by atoms with van der Waals surface area (Å²) in [6, 6.07) is 0. The van der Waals surface area contributed by atoms with E-state index < -0.39 is 15.2 Å². The van der Waals surface area contributed by atoms with Crippen LogP contribution in [0.1, 0.15) is 27.7 Å². The van der Waals surface area contributed by atoms with Crippen LogP contribution in [0.3, 0.4) is 0 Å². The highest BCUT2D eigenvalue weighted by atomic mass is 31.2. The molecule has 0 saturated heterocycles. The smallest absolute Gasteiger partial charge is 0.306 e. The van der Waals surface area contributed by atoms with Crippen LogP contribution in [0.15, 0.2) is 11.6 Å². The second-order valence-electron chi connectivity index (χ2n) is 3.05. The van der Waals surface area contributed by atoms with E-state index in [1.54, 1.807) is 27.7 Å². The van der Waals surface area contributed by atoms with Crippen LogP contribution in [0.5, 0.6) is 0 Å². The molecular weight excluding hydrogens is 278 g/mol. The summed E-state index contributed by atoms with van der Waals surface area (Å²) in [5.74, 6) is 2.29. The van der Waals surface area contributed by atoms with Crippen molar-refractivity contribution in [3.8, 4) is 0 Å². The van der Waals surface area contributed by atoms with E-state index in [2.05, 4.69) is 0 Å². The molecule has 0 saturated carbocycles. The van der Waals surface area contributed by atoms with E-state index in [1.165, 1.54) is 0 Å². The van der Waals surface area contributed by atoms with E-state index >= 15 is 0 Å². The van der Waals surface area contributed by atoms with E-state index in [4.69, 9.17) is 18.1 Å². The highest BCUT2D eigenvalue weighted by molar-refractivity contribution is 7.61. The van der Waals surface area contributed by atoms with Crippen molar-refractivity contribution in [3.05, 3.63) is 11.6 Å². The Kier molecular flexibility index (Phi) is 9.05. The predicted molar refractivity (Wildman–Crippen MR) is 70.9 cm³/mol. The molecule has 0 fully saturated rings. The van der Waals surface area contributed by atoms with Gasteiger partial charge in [-0.05, 0) is 27.7 Å². The van der Waals surface area contributed by atoms with Crippen molar-refractivity contribution >= 4 is 15.2 Å². The van der Waals surface area contributed by atoms with Crippen LogP contribution < -0.4 is 0 Å². The molecule has 0 bridgehead atoms. The molecule has 0 aromatic carbocycles. The zero-order valence-corrected chi connectivity index (χ0v) is 13.1. The van der Waals surface area contributed by atoms with Crippen LogP contribution in [0.25, 0.3) is 0 Å². The van der Waals surface area contributed by atoms with Crippen molar-refractivity contribution in [3.63, 3.8) is 0 Å². The summed E-state index contributed by atoms with van der Waals surface area (Å²) in [5, 5.41) is 0. The number of hydrogen-bond acceptors (Lipinski definition) is 6. The number of hydrogen-bond donors (Lipinski definition) is 0. The van der Waals surface area contributed by atoms with Gasteiger partial charge >= 0.3 is 15.2 Å². The quantitative estimate of drug-likeness (QED) is 0.568. The van der Waals surface area contributed by atoms with Gasteiger partial charge in [0.2, 0.25) is 0 Å². The maximum atomic E-state index is 12.1. The van der Waals surface area contributed by atoms with Crippen molar-refractivity contribution in [1.29, 1.82) is 0 Å². The van der Waals surface area contributed by atoms with E-state index in [-0.39, 0.29) is 26.4 Å². The minimum atomic E-state index is -3.38. The van der Waals surface area contributed by atoms with Gasteiger partial charge in [-0.3, -0.25) is 9.13 Å². The minimum absolute atomic E-state index is 0.231. The van der Waals surface area contributed by atoms with Crippen LogP contribution in [-0.2, 0) is 27.2 Å². The summed E-state index contributed by atoms with van der Waals surface area (Å²) < 4.78 is 44.4. The Hall–Kier alpha value is 0.0400. The molecule has 0 amide bonds. The fraction of sp³-hybridized carbons (Fsp3) is 0.800. The molecule has 108 valence electrons. The molecule has 8 heteroatoms. The first kappa shape index (κ1) is 18.0. The van der Waals surface area contributed by atoms with E-state index in [0.717, 1.165) is 11.6 Å². The molecule has 0 radical (unpaired) electrons. The topological polar surface area (TPSA) is 71.1 Å². The fourth-order valence-electron chi connectivity index (χ4n) is 1.13. The zero-order valence-electron chi connectivity index (χ0n) is 11.3. The first-order valence-corrected chi connectivity index (χ1v) is 9.15. The highest BCUT2D eigenvalue weighted by Crippen LogP contribution is 2.56. The molecule has 0 aliphatic carbocycles. The Morgan fingerprint density at radius 2 is 0.889 bits per heavy atom. The molecule has 0 aliphatic heterocycles. The van der Waals surface area contributed by atoms with Gasteiger partial charge in [0.05, 0.1) is 26.4 Å². The lowest BCUT2D eigenvalue weighted by Crippen LogP contribution is -1.95. The molecular formula is C10H22O6P2.